The molecule has 1 atom stereocenters. The maximum absolute atomic E-state index is 12.0. The van der Waals surface area contributed by atoms with Crippen molar-refractivity contribution in [1.29, 1.82) is 0 Å². The zero-order chi connectivity index (χ0) is 19.1. The minimum Gasteiger partial charge on any atom is -0.467 e. The highest BCUT2D eigenvalue weighted by molar-refractivity contribution is 6.35. The quantitative estimate of drug-likeness (QED) is 0.731. The van der Waals surface area contributed by atoms with Crippen LogP contribution in [-0.2, 0) is 16.1 Å². The van der Waals surface area contributed by atoms with Gasteiger partial charge in [-0.25, -0.2) is 0 Å². The van der Waals surface area contributed by atoms with E-state index in [0.717, 1.165) is 11.3 Å². The molecular formula is C19H26N4O3. The van der Waals surface area contributed by atoms with Crippen molar-refractivity contribution in [2.24, 2.45) is 0 Å². The number of hydrogen-bond donors (Lipinski definition) is 2. The Labute approximate surface area is 154 Å². The first kappa shape index (κ1) is 19.5. The molecule has 1 aromatic heterocycles. The summed E-state index contributed by atoms with van der Waals surface area (Å²) in [4.78, 5) is 28.0. The van der Waals surface area contributed by atoms with Crippen LogP contribution in [0.4, 0.5) is 5.69 Å². The number of rotatable bonds is 7. The molecule has 0 aliphatic carbocycles. The van der Waals surface area contributed by atoms with Gasteiger partial charge in [-0.3, -0.25) is 9.59 Å². The number of carbonyl (C=O) groups excluding carboxylic acids is 2. The highest BCUT2D eigenvalue weighted by Crippen LogP contribution is 2.20. The first-order valence-electron chi connectivity index (χ1n) is 8.40. The number of nitrogens with one attached hydrogen (secondary N) is 2. The number of nitrogens with zero attached hydrogens (tertiary/aromatic N) is 2. The third-order valence-corrected chi connectivity index (χ3v) is 4.08. The molecule has 7 nitrogen and oxygen atoms in total. The van der Waals surface area contributed by atoms with Crippen LogP contribution in [0.1, 0.15) is 17.4 Å². The van der Waals surface area contributed by atoms with E-state index in [0.29, 0.717) is 12.3 Å². The van der Waals surface area contributed by atoms with Crippen molar-refractivity contribution in [3.05, 3.63) is 54.0 Å². The average molecular weight is 358 g/mol. The predicted molar refractivity (Wildman–Crippen MR) is 101 cm³/mol. The summed E-state index contributed by atoms with van der Waals surface area (Å²) in [5.41, 5.74) is 2.17. The van der Waals surface area contributed by atoms with Gasteiger partial charge in [0.25, 0.3) is 0 Å². The van der Waals surface area contributed by atoms with Crippen LogP contribution in [0.2, 0.25) is 0 Å². The van der Waals surface area contributed by atoms with E-state index in [2.05, 4.69) is 10.6 Å². The van der Waals surface area contributed by atoms with Crippen LogP contribution in [0.3, 0.4) is 0 Å². The van der Waals surface area contributed by atoms with Gasteiger partial charge in [0, 0.05) is 26.3 Å². The van der Waals surface area contributed by atoms with Gasteiger partial charge in [0.1, 0.15) is 5.76 Å². The molecule has 26 heavy (non-hydrogen) atoms. The summed E-state index contributed by atoms with van der Waals surface area (Å²) in [6.07, 6.45) is 1.52. The summed E-state index contributed by atoms with van der Waals surface area (Å²) in [6.45, 7) is 0.518. The largest absolute Gasteiger partial charge is 0.467 e. The van der Waals surface area contributed by atoms with Crippen LogP contribution in [0.25, 0.3) is 0 Å². The van der Waals surface area contributed by atoms with E-state index in [1.807, 2.05) is 62.3 Å². The smallest absolute Gasteiger partial charge is 0.309 e. The summed E-state index contributed by atoms with van der Waals surface area (Å²) >= 11 is 0. The highest BCUT2D eigenvalue weighted by Gasteiger charge is 2.19. The predicted octanol–water partition coefficient (Wildman–Crippen LogP) is 1.38. The molecule has 2 rings (SSSR count). The Morgan fingerprint density at radius 1 is 1.00 bits per heavy atom. The number of amides is 2. The molecule has 0 radical (unpaired) electrons. The zero-order valence-corrected chi connectivity index (χ0v) is 15.7. The summed E-state index contributed by atoms with van der Waals surface area (Å²) in [7, 11) is 7.85. The molecule has 0 unspecified atom stereocenters. The van der Waals surface area contributed by atoms with Gasteiger partial charge in [-0.15, -0.1) is 0 Å². The van der Waals surface area contributed by atoms with Gasteiger partial charge in [0.05, 0.1) is 18.8 Å². The van der Waals surface area contributed by atoms with Crippen molar-refractivity contribution in [1.82, 2.24) is 15.5 Å². The fraction of sp³-hybridized carbons (Fsp3) is 0.368. The highest BCUT2D eigenvalue weighted by atomic mass is 16.3. The number of hydrogen-bond acceptors (Lipinski definition) is 5. The lowest BCUT2D eigenvalue weighted by Gasteiger charge is -2.25. The number of benzene rings is 1. The monoisotopic (exact) mass is 358 g/mol. The van der Waals surface area contributed by atoms with Gasteiger partial charge in [-0.2, -0.15) is 0 Å². The minimum atomic E-state index is -0.679. The second-order valence-corrected chi connectivity index (χ2v) is 6.44. The molecule has 0 aliphatic rings. The van der Waals surface area contributed by atoms with E-state index in [4.69, 9.17) is 4.42 Å². The second kappa shape index (κ2) is 9.05. The molecule has 0 spiro atoms. The van der Waals surface area contributed by atoms with Gasteiger partial charge in [-0.05, 0) is 43.9 Å². The lowest BCUT2D eigenvalue weighted by molar-refractivity contribution is -0.139. The van der Waals surface area contributed by atoms with Crippen molar-refractivity contribution < 1.29 is 14.0 Å². The van der Waals surface area contributed by atoms with E-state index < -0.39 is 11.8 Å². The van der Waals surface area contributed by atoms with Crippen molar-refractivity contribution in [3.63, 3.8) is 0 Å². The molecule has 1 aromatic carbocycles. The maximum atomic E-state index is 12.0. The Hall–Kier alpha value is -2.80. The molecule has 0 aliphatic heterocycles. The topological polar surface area (TPSA) is 77.8 Å². The van der Waals surface area contributed by atoms with Gasteiger partial charge in [0.15, 0.2) is 0 Å². The van der Waals surface area contributed by atoms with Crippen LogP contribution < -0.4 is 15.5 Å². The molecule has 0 bridgehead atoms. The summed E-state index contributed by atoms with van der Waals surface area (Å²) in [5.74, 6) is -0.742. The van der Waals surface area contributed by atoms with E-state index in [1.54, 1.807) is 12.1 Å². The summed E-state index contributed by atoms with van der Waals surface area (Å²) in [5, 5.41) is 5.23. The molecule has 2 amide bonds. The first-order valence-corrected chi connectivity index (χ1v) is 8.40. The van der Waals surface area contributed by atoms with Gasteiger partial charge >= 0.3 is 11.8 Å². The van der Waals surface area contributed by atoms with Crippen molar-refractivity contribution in [2.45, 2.75) is 12.6 Å². The Balaban J connectivity index is 1.90. The Kier molecular flexibility index (Phi) is 6.80. The Bertz CT molecular complexity index is 709. The number of carbonyl (C=O) groups is 2. The fourth-order valence-electron chi connectivity index (χ4n) is 2.52. The third-order valence-electron chi connectivity index (χ3n) is 4.08. The van der Waals surface area contributed by atoms with Crippen LogP contribution in [0, 0.1) is 0 Å². The summed E-state index contributed by atoms with van der Waals surface area (Å²) < 4.78 is 5.12. The van der Waals surface area contributed by atoms with Gasteiger partial charge in [-0.1, -0.05) is 12.1 Å². The van der Waals surface area contributed by atoms with E-state index in [-0.39, 0.29) is 12.6 Å². The fourth-order valence-corrected chi connectivity index (χ4v) is 2.52. The molecule has 140 valence electrons. The third kappa shape index (κ3) is 5.35. The van der Waals surface area contributed by atoms with Crippen molar-refractivity contribution in [3.8, 4) is 0 Å². The van der Waals surface area contributed by atoms with Crippen molar-refractivity contribution in [2.75, 3.05) is 39.6 Å². The molecule has 0 fully saturated rings. The second-order valence-electron chi connectivity index (χ2n) is 6.44. The Morgan fingerprint density at radius 2 is 1.65 bits per heavy atom. The molecule has 2 aromatic rings. The molecule has 2 N–H and O–H groups in total. The molecule has 1 heterocycles. The van der Waals surface area contributed by atoms with E-state index in [1.165, 1.54) is 6.26 Å². The first-order chi connectivity index (χ1) is 12.4. The van der Waals surface area contributed by atoms with Crippen LogP contribution in [0.15, 0.2) is 47.1 Å². The molecule has 7 heteroatoms. The van der Waals surface area contributed by atoms with Gasteiger partial charge in [0.2, 0.25) is 0 Å². The molecule has 0 saturated carbocycles. The van der Waals surface area contributed by atoms with E-state index in [9.17, 15) is 9.59 Å². The SMILES string of the molecule is CN(C)c1ccc([C@H](CNC(=O)C(=O)NCc2ccco2)N(C)C)cc1. The standard InChI is InChI=1S/C19H26N4O3/c1-22(2)15-9-7-14(8-10-15)17(23(3)4)13-21-19(25)18(24)20-12-16-6-5-11-26-16/h5-11,17H,12-13H2,1-4H3,(H,20,24)(H,21,25)/t17-/m0/s1. The average Bonchev–Trinajstić information content (AvgIpc) is 3.13. The normalized spacial score (nSPS) is 11.9. The van der Waals surface area contributed by atoms with Crippen LogP contribution in [0.5, 0.6) is 0 Å². The molecular weight excluding hydrogens is 332 g/mol. The summed E-state index contributed by atoms with van der Waals surface area (Å²) in [6, 6.07) is 11.6. The molecule has 0 saturated heterocycles. The Morgan fingerprint density at radius 3 is 2.19 bits per heavy atom. The number of furan rings is 1. The zero-order valence-electron chi connectivity index (χ0n) is 15.7. The van der Waals surface area contributed by atoms with Gasteiger partial charge < -0.3 is 24.9 Å². The number of likely N-dealkylation sites (N-methyl/N-ethyl adjacent to an activating group) is 1. The lowest BCUT2D eigenvalue weighted by Crippen LogP contribution is -2.42. The minimum absolute atomic E-state index is 0.0342. The van der Waals surface area contributed by atoms with Crippen molar-refractivity contribution >= 4 is 17.5 Å². The number of anilines is 1. The van der Waals surface area contributed by atoms with Crippen LogP contribution >= 0.6 is 0 Å². The lowest BCUT2D eigenvalue weighted by atomic mass is 10.1. The van der Waals surface area contributed by atoms with Crippen LogP contribution in [-0.4, -0.2) is 51.4 Å². The maximum Gasteiger partial charge on any atom is 0.309 e. The van der Waals surface area contributed by atoms with E-state index >= 15 is 0 Å².